The Bertz CT molecular complexity index is 341. The van der Waals surface area contributed by atoms with Crippen molar-refractivity contribution < 1.29 is 0 Å². The molecule has 1 aromatic carbocycles. The lowest BCUT2D eigenvalue weighted by molar-refractivity contribution is 0.727. The van der Waals surface area contributed by atoms with Gasteiger partial charge in [-0.3, -0.25) is 0 Å². The summed E-state index contributed by atoms with van der Waals surface area (Å²) >= 11 is 0. The largest absolute Gasteiger partial charge is 0.304 e. The number of hydrogen-bond donors (Lipinski definition) is 2. The number of nitrogens with one attached hydrogen (secondary N) is 2. The van der Waals surface area contributed by atoms with Crippen LogP contribution in [0.1, 0.15) is 44.7 Å². The second kappa shape index (κ2) is 7.85. The minimum atomic E-state index is 0.660. The van der Waals surface area contributed by atoms with Gasteiger partial charge < -0.3 is 5.43 Å². The van der Waals surface area contributed by atoms with Crippen LogP contribution in [-0.4, -0.2) is 12.5 Å². The number of nitrogens with zero attached hydrogens (tertiary/aromatic N) is 1. The molecule has 0 spiro atoms. The average molecular weight is 233 g/mol. The molecule has 0 bridgehead atoms. The highest BCUT2D eigenvalue weighted by Crippen LogP contribution is 2.08. The Morgan fingerprint density at radius 1 is 1.18 bits per heavy atom. The summed E-state index contributed by atoms with van der Waals surface area (Å²) in [5.74, 6) is 0.942. The molecule has 0 saturated carbocycles. The number of benzene rings is 1. The van der Waals surface area contributed by atoms with Crippen LogP contribution in [0.2, 0.25) is 0 Å². The summed E-state index contributed by atoms with van der Waals surface area (Å²) in [6.07, 6.45) is 3.69. The molecule has 1 aromatic rings. The molecule has 1 aliphatic heterocycles. The maximum absolute atomic E-state index is 4.29. The van der Waals surface area contributed by atoms with Gasteiger partial charge in [0.1, 0.15) is 12.5 Å². The Labute approximate surface area is 104 Å². The number of rotatable bonds is 4. The molecule has 0 amide bonds. The molecule has 94 valence electrons. The number of hydrazine groups is 1. The third-order valence-electron chi connectivity index (χ3n) is 2.57. The lowest BCUT2D eigenvalue weighted by Gasteiger charge is -2.04. The van der Waals surface area contributed by atoms with Crippen molar-refractivity contribution in [3.8, 4) is 0 Å². The molecular formula is C14H23N3. The summed E-state index contributed by atoms with van der Waals surface area (Å²) in [6, 6.07) is 8.63. The van der Waals surface area contributed by atoms with Gasteiger partial charge in [0, 0.05) is 5.56 Å². The Morgan fingerprint density at radius 3 is 2.41 bits per heavy atom. The number of hydrogen-bond acceptors (Lipinski definition) is 3. The summed E-state index contributed by atoms with van der Waals surface area (Å²) < 4.78 is 0. The van der Waals surface area contributed by atoms with Crippen LogP contribution in [0.4, 0.5) is 0 Å². The molecule has 17 heavy (non-hydrogen) atoms. The maximum atomic E-state index is 4.29. The van der Waals surface area contributed by atoms with Gasteiger partial charge in [0.25, 0.3) is 0 Å². The SMILES string of the molecule is CC.CCCCc1ccc(C2=NCNN2)cc1. The molecule has 1 aliphatic rings. The second-order valence-electron chi connectivity index (χ2n) is 3.77. The summed E-state index contributed by atoms with van der Waals surface area (Å²) in [4.78, 5) is 4.29. The van der Waals surface area contributed by atoms with Gasteiger partial charge in [-0.1, -0.05) is 51.5 Å². The molecule has 0 unspecified atom stereocenters. The van der Waals surface area contributed by atoms with Crippen molar-refractivity contribution >= 4 is 5.84 Å². The van der Waals surface area contributed by atoms with E-state index in [1.54, 1.807) is 0 Å². The molecule has 2 N–H and O–H groups in total. The first kappa shape index (κ1) is 13.7. The molecule has 0 saturated heterocycles. The van der Waals surface area contributed by atoms with Gasteiger partial charge in [0.2, 0.25) is 0 Å². The van der Waals surface area contributed by atoms with Crippen LogP contribution < -0.4 is 10.9 Å². The van der Waals surface area contributed by atoms with E-state index in [4.69, 9.17) is 0 Å². The Kier molecular flexibility index (Phi) is 6.33. The van der Waals surface area contributed by atoms with E-state index in [1.807, 2.05) is 13.8 Å². The molecule has 0 aromatic heterocycles. The lowest BCUT2D eigenvalue weighted by atomic mass is 10.1. The fourth-order valence-electron chi connectivity index (χ4n) is 1.66. The van der Waals surface area contributed by atoms with Crippen molar-refractivity contribution in [2.45, 2.75) is 40.0 Å². The molecule has 0 radical (unpaired) electrons. The van der Waals surface area contributed by atoms with E-state index in [0.29, 0.717) is 6.67 Å². The van der Waals surface area contributed by atoms with Gasteiger partial charge in [-0.15, -0.1) is 0 Å². The van der Waals surface area contributed by atoms with Gasteiger partial charge in [0.15, 0.2) is 0 Å². The van der Waals surface area contributed by atoms with Gasteiger partial charge in [-0.05, 0) is 18.4 Å². The number of aryl methyl sites for hydroxylation is 1. The van der Waals surface area contributed by atoms with Crippen molar-refractivity contribution in [2.24, 2.45) is 4.99 Å². The highest BCUT2D eigenvalue weighted by molar-refractivity contribution is 5.99. The standard InChI is InChI=1S/C12H17N3.C2H6/c1-2-3-4-10-5-7-11(8-6-10)12-13-9-14-15-12;1-2/h5-8,14H,2-4,9H2,1H3,(H,13,15);1-2H3. The Balaban J connectivity index is 0.000000686. The zero-order valence-electron chi connectivity index (χ0n) is 11.1. The minimum Gasteiger partial charge on any atom is -0.304 e. The van der Waals surface area contributed by atoms with Gasteiger partial charge in [0.05, 0.1) is 0 Å². The molecule has 3 nitrogen and oxygen atoms in total. The fraction of sp³-hybridized carbons (Fsp3) is 0.500. The van der Waals surface area contributed by atoms with Crippen molar-refractivity contribution in [2.75, 3.05) is 6.67 Å². The fourth-order valence-corrected chi connectivity index (χ4v) is 1.66. The van der Waals surface area contributed by atoms with E-state index in [2.05, 4.69) is 47.0 Å². The van der Waals surface area contributed by atoms with Crippen LogP contribution >= 0.6 is 0 Å². The first-order valence-electron chi connectivity index (χ1n) is 6.53. The minimum absolute atomic E-state index is 0.660. The average Bonchev–Trinajstić information content (AvgIpc) is 2.93. The maximum Gasteiger partial charge on any atom is 0.144 e. The van der Waals surface area contributed by atoms with Crippen molar-refractivity contribution in [3.63, 3.8) is 0 Å². The van der Waals surface area contributed by atoms with E-state index < -0.39 is 0 Å². The Morgan fingerprint density at radius 2 is 1.88 bits per heavy atom. The van der Waals surface area contributed by atoms with Crippen LogP contribution in [0.5, 0.6) is 0 Å². The third-order valence-corrected chi connectivity index (χ3v) is 2.57. The predicted molar refractivity (Wildman–Crippen MR) is 74.1 cm³/mol. The van der Waals surface area contributed by atoms with Crippen molar-refractivity contribution in [1.29, 1.82) is 0 Å². The summed E-state index contributed by atoms with van der Waals surface area (Å²) in [5, 5.41) is 0. The van der Waals surface area contributed by atoms with E-state index in [9.17, 15) is 0 Å². The van der Waals surface area contributed by atoms with Crippen LogP contribution in [-0.2, 0) is 6.42 Å². The molecule has 3 heteroatoms. The van der Waals surface area contributed by atoms with Crippen LogP contribution in [0.25, 0.3) is 0 Å². The van der Waals surface area contributed by atoms with E-state index >= 15 is 0 Å². The smallest absolute Gasteiger partial charge is 0.144 e. The number of unbranched alkanes of at least 4 members (excludes halogenated alkanes) is 1. The molecule has 0 atom stereocenters. The van der Waals surface area contributed by atoms with Crippen LogP contribution in [0, 0.1) is 0 Å². The Hall–Kier alpha value is -1.35. The molecule has 1 heterocycles. The topological polar surface area (TPSA) is 36.4 Å². The molecule has 2 rings (SSSR count). The highest BCUT2D eigenvalue weighted by atomic mass is 15.5. The van der Waals surface area contributed by atoms with Gasteiger partial charge >= 0.3 is 0 Å². The predicted octanol–water partition coefficient (Wildman–Crippen LogP) is 2.87. The highest BCUT2D eigenvalue weighted by Gasteiger charge is 2.06. The quantitative estimate of drug-likeness (QED) is 0.839. The summed E-state index contributed by atoms with van der Waals surface area (Å²) in [6.45, 7) is 6.88. The molecule has 0 aliphatic carbocycles. The summed E-state index contributed by atoms with van der Waals surface area (Å²) in [7, 11) is 0. The second-order valence-corrected chi connectivity index (χ2v) is 3.77. The van der Waals surface area contributed by atoms with E-state index in [0.717, 1.165) is 11.4 Å². The number of amidine groups is 1. The monoisotopic (exact) mass is 233 g/mol. The molecule has 0 fully saturated rings. The zero-order chi connectivity index (χ0) is 12.5. The third kappa shape index (κ3) is 4.19. The zero-order valence-corrected chi connectivity index (χ0v) is 11.1. The van der Waals surface area contributed by atoms with Crippen LogP contribution in [0.3, 0.4) is 0 Å². The van der Waals surface area contributed by atoms with Crippen molar-refractivity contribution in [1.82, 2.24) is 10.9 Å². The van der Waals surface area contributed by atoms with Crippen molar-refractivity contribution in [3.05, 3.63) is 35.4 Å². The van der Waals surface area contributed by atoms with Gasteiger partial charge in [-0.2, -0.15) is 0 Å². The first-order chi connectivity index (χ1) is 8.40. The lowest BCUT2D eigenvalue weighted by Crippen LogP contribution is -2.30. The number of aliphatic imine (C=N–C) groups is 1. The van der Waals surface area contributed by atoms with E-state index in [-0.39, 0.29) is 0 Å². The normalized spacial score (nSPS) is 13.5. The summed E-state index contributed by atoms with van der Waals surface area (Å²) in [5.41, 5.74) is 8.56. The van der Waals surface area contributed by atoms with Gasteiger partial charge in [-0.25, -0.2) is 10.4 Å². The first-order valence-corrected chi connectivity index (χ1v) is 6.53. The van der Waals surface area contributed by atoms with Crippen LogP contribution in [0.15, 0.2) is 29.3 Å². The molecular weight excluding hydrogens is 210 g/mol. The van der Waals surface area contributed by atoms with E-state index in [1.165, 1.54) is 24.8 Å².